The van der Waals surface area contributed by atoms with Crippen molar-refractivity contribution in [3.63, 3.8) is 0 Å². The Hall–Kier alpha value is -2.24. The number of nitrogens with one attached hydrogen (secondary N) is 2. The summed E-state index contributed by atoms with van der Waals surface area (Å²) in [5, 5.41) is 5.53. The van der Waals surface area contributed by atoms with Crippen LogP contribution in [0.3, 0.4) is 0 Å². The highest BCUT2D eigenvalue weighted by Gasteiger charge is 2.34. The largest absolute Gasteiger partial charge is 0.379 e. The van der Waals surface area contributed by atoms with Crippen LogP contribution >= 0.6 is 0 Å². The zero-order valence-corrected chi connectivity index (χ0v) is 15.5. The van der Waals surface area contributed by atoms with Crippen LogP contribution in [-0.2, 0) is 14.8 Å². The molecule has 2 N–H and O–H groups in total. The molecule has 1 amide bonds. The van der Waals surface area contributed by atoms with Crippen LogP contribution in [0, 0.1) is 12.8 Å². The van der Waals surface area contributed by atoms with Crippen LogP contribution in [0.15, 0.2) is 17.1 Å². The van der Waals surface area contributed by atoms with Crippen molar-refractivity contribution in [2.75, 3.05) is 33.1 Å². The van der Waals surface area contributed by atoms with E-state index in [1.807, 2.05) is 0 Å². The average molecular weight is 383 g/mol. The highest BCUT2D eigenvalue weighted by atomic mass is 32.2. The molecule has 26 heavy (non-hydrogen) atoms. The maximum Gasteiger partial charge on any atom is 0.285 e. The minimum atomic E-state index is -3.43. The number of fused-ring (bicyclic) bond motifs is 1. The first-order valence-electron chi connectivity index (χ1n) is 8.05. The van der Waals surface area contributed by atoms with Crippen LogP contribution in [0.1, 0.15) is 16.1 Å². The van der Waals surface area contributed by atoms with Crippen molar-refractivity contribution < 1.29 is 17.9 Å². The minimum Gasteiger partial charge on any atom is -0.379 e. The maximum absolute atomic E-state index is 12.5. The van der Waals surface area contributed by atoms with E-state index in [0.717, 1.165) is 10.00 Å². The molecular weight excluding hydrogens is 362 g/mol. The monoisotopic (exact) mass is 383 g/mol. The van der Waals surface area contributed by atoms with Gasteiger partial charge in [-0.05, 0) is 6.92 Å². The topological polar surface area (TPSA) is 126 Å². The lowest BCUT2D eigenvalue weighted by molar-refractivity contribution is 0.0923. The van der Waals surface area contributed by atoms with Gasteiger partial charge in [0.2, 0.25) is 10.0 Å². The first-order chi connectivity index (χ1) is 12.2. The van der Waals surface area contributed by atoms with Crippen molar-refractivity contribution >= 4 is 21.6 Å². The van der Waals surface area contributed by atoms with Gasteiger partial charge in [-0.2, -0.15) is 0 Å². The minimum absolute atomic E-state index is 0.120. The molecule has 0 aromatic carbocycles. The number of ether oxygens (including phenoxy) is 1. The number of sulfonamides is 1. The third kappa shape index (κ3) is 3.50. The fourth-order valence-electron chi connectivity index (χ4n) is 2.82. The number of aromatic nitrogens is 3. The first kappa shape index (κ1) is 18.5. The Morgan fingerprint density at radius 3 is 2.88 bits per heavy atom. The van der Waals surface area contributed by atoms with Gasteiger partial charge < -0.3 is 10.1 Å². The van der Waals surface area contributed by atoms with E-state index in [2.05, 4.69) is 15.4 Å². The van der Waals surface area contributed by atoms with Gasteiger partial charge in [0.15, 0.2) is 5.65 Å². The smallest absolute Gasteiger partial charge is 0.285 e. The second kappa shape index (κ2) is 6.82. The van der Waals surface area contributed by atoms with E-state index in [1.165, 1.54) is 24.8 Å². The lowest BCUT2D eigenvalue weighted by atomic mass is 10.1. The number of carbonyl (C=O) groups is 1. The van der Waals surface area contributed by atoms with E-state index < -0.39 is 33.4 Å². The Morgan fingerprint density at radius 2 is 2.19 bits per heavy atom. The number of rotatable bonds is 5. The molecular formula is C15H21N5O5S. The lowest BCUT2D eigenvalue weighted by Gasteiger charge is -2.20. The van der Waals surface area contributed by atoms with E-state index in [9.17, 15) is 18.0 Å². The molecule has 0 saturated carbocycles. The summed E-state index contributed by atoms with van der Waals surface area (Å²) in [6.45, 7) is 2.20. The van der Waals surface area contributed by atoms with Crippen LogP contribution < -0.4 is 10.9 Å². The maximum atomic E-state index is 12.5. The molecule has 0 aliphatic carbocycles. The van der Waals surface area contributed by atoms with Gasteiger partial charge in [-0.15, -0.1) is 0 Å². The summed E-state index contributed by atoms with van der Waals surface area (Å²) in [4.78, 5) is 29.1. The Kier molecular flexibility index (Phi) is 4.86. The highest BCUT2D eigenvalue weighted by Crippen LogP contribution is 2.17. The normalized spacial score (nSPS) is 20.8. The quantitative estimate of drug-likeness (QED) is 0.680. The molecule has 1 saturated heterocycles. The molecule has 0 bridgehead atoms. The first-order valence-corrected chi connectivity index (χ1v) is 9.66. The number of amides is 1. The SMILES string of the molecule is Cc1cc2ncc(C(=O)N[C@H]3COC[C@H]3CS(=O)(=O)N(C)C)c(=O)n2[nH]1. The van der Waals surface area contributed by atoms with Gasteiger partial charge in [-0.1, -0.05) is 0 Å². The van der Waals surface area contributed by atoms with Crippen LogP contribution in [0.4, 0.5) is 0 Å². The van der Waals surface area contributed by atoms with Crippen LogP contribution in [0.5, 0.6) is 0 Å². The fraction of sp³-hybridized carbons (Fsp3) is 0.533. The van der Waals surface area contributed by atoms with E-state index in [-0.39, 0.29) is 24.5 Å². The molecule has 1 fully saturated rings. The highest BCUT2D eigenvalue weighted by molar-refractivity contribution is 7.89. The molecule has 2 atom stereocenters. The number of nitrogens with zero attached hydrogens (tertiary/aromatic N) is 3. The molecule has 1 aliphatic heterocycles. The number of H-pyrrole nitrogens is 1. The second-order valence-electron chi connectivity index (χ2n) is 6.55. The van der Waals surface area contributed by atoms with Gasteiger partial charge in [0.1, 0.15) is 5.56 Å². The molecule has 0 radical (unpaired) electrons. The number of aryl methyl sites for hydroxylation is 1. The van der Waals surface area contributed by atoms with Gasteiger partial charge in [-0.25, -0.2) is 22.2 Å². The third-order valence-corrected chi connectivity index (χ3v) is 6.32. The number of aromatic amines is 1. The van der Waals surface area contributed by atoms with Gasteiger partial charge in [0.25, 0.3) is 11.5 Å². The zero-order valence-electron chi connectivity index (χ0n) is 14.7. The van der Waals surface area contributed by atoms with Crippen LogP contribution in [0.25, 0.3) is 5.65 Å². The summed E-state index contributed by atoms with van der Waals surface area (Å²) in [7, 11) is -0.516. The predicted octanol–water partition coefficient (Wildman–Crippen LogP) is -1.03. The Labute approximate surface area is 150 Å². The number of carbonyl (C=O) groups excluding carboxylic acids is 1. The molecule has 3 rings (SSSR count). The zero-order chi connectivity index (χ0) is 19.1. The molecule has 11 heteroatoms. The van der Waals surface area contributed by atoms with Crippen molar-refractivity contribution in [2.45, 2.75) is 13.0 Å². The lowest BCUT2D eigenvalue weighted by Crippen LogP contribution is -2.45. The molecule has 3 heterocycles. The van der Waals surface area contributed by atoms with E-state index >= 15 is 0 Å². The molecule has 2 aromatic heterocycles. The Bertz CT molecular complexity index is 994. The average Bonchev–Trinajstić information content (AvgIpc) is 3.13. The van der Waals surface area contributed by atoms with Crippen molar-refractivity contribution in [3.8, 4) is 0 Å². The van der Waals surface area contributed by atoms with Gasteiger partial charge in [0, 0.05) is 38.0 Å². The van der Waals surface area contributed by atoms with Crippen molar-refractivity contribution in [2.24, 2.45) is 5.92 Å². The molecule has 1 aliphatic rings. The van der Waals surface area contributed by atoms with Gasteiger partial charge in [0.05, 0.1) is 25.0 Å². The summed E-state index contributed by atoms with van der Waals surface area (Å²) in [6.07, 6.45) is 1.22. The summed E-state index contributed by atoms with van der Waals surface area (Å²) >= 11 is 0. The van der Waals surface area contributed by atoms with Crippen molar-refractivity contribution in [1.82, 2.24) is 24.2 Å². The van der Waals surface area contributed by atoms with Crippen molar-refractivity contribution in [3.05, 3.63) is 33.9 Å². The summed E-state index contributed by atoms with van der Waals surface area (Å²) in [5.41, 5.74) is 0.524. The van der Waals surface area contributed by atoms with Gasteiger partial charge in [-0.3, -0.25) is 14.7 Å². The second-order valence-corrected chi connectivity index (χ2v) is 8.78. The predicted molar refractivity (Wildman–Crippen MR) is 93.6 cm³/mol. The van der Waals surface area contributed by atoms with E-state index in [0.29, 0.717) is 5.65 Å². The van der Waals surface area contributed by atoms with Crippen LogP contribution in [-0.4, -0.2) is 72.3 Å². The van der Waals surface area contributed by atoms with Crippen LogP contribution in [0.2, 0.25) is 0 Å². The number of hydrogen-bond acceptors (Lipinski definition) is 6. The summed E-state index contributed by atoms with van der Waals surface area (Å²) in [5.74, 6) is -1.14. The van der Waals surface area contributed by atoms with E-state index in [4.69, 9.17) is 4.74 Å². The third-order valence-electron chi connectivity index (χ3n) is 4.36. The molecule has 10 nitrogen and oxygen atoms in total. The van der Waals surface area contributed by atoms with Gasteiger partial charge >= 0.3 is 0 Å². The van der Waals surface area contributed by atoms with Crippen molar-refractivity contribution in [1.29, 1.82) is 0 Å². The molecule has 0 unspecified atom stereocenters. The summed E-state index contributed by atoms with van der Waals surface area (Å²) in [6, 6.07) is 1.19. The molecule has 0 spiro atoms. The van der Waals surface area contributed by atoms with E-state index in [1.54, 1.807) is 13.0 Å². The molecule has 2 aromatic rings. The number of hydrogen-bond donors (Lipinski definition) is 2. The Balaban J connectivity index is 1.79. The Morgan fingerprint density at radius 1 is 1.46 bits per heavy atom. The summed E-state index contributed by atoms with van der Waals surface area (Å²) < 4.78 is 31.8. The fourth-order valence-corrected chi connectivity index (χ4v) is 3.99. The molecule has 142 valence electrons. The standard InChI is InChI=1S/C15H21N5O5S/c1-9-4-13-16-5-11(15(22)20(13)18-9)14(21)17-12-7-25-6-10(12)8-26(23,24)19(2)3/h4-5,10,12,18H,6-8H2,1-3H3,(H,17,21)/t10-,12-/m0/s1.